The second-order valence-corrected chi connectivity index (χ2v) is 3.46. The summed E-state index contributed by atoms with van der Waals surface area (Å²) in [4.78, 5) is 0. The zero-order chi connectivity index (χ0) is 12.7. The summed E-state index contributed by atoms with van der Waals surface area (Å²) in [5.41, 5.74) is 0. The van der Waals surface area contributed by atoms with E-state index in [1.807, 2.05) is 109 Å². The quantitative estimate of drug-likeness (QED) is 0.442. The van der Waals surface area contributed by atoms with Gasteiger partial charge in [0.05, 0.1) is 0 Å². The molecule has 21 heavy (non-hydrogen) atoms. The molecule has 2 nitrogen and oxygen atoms in total. The average Bonchev–Trinajstić information content (AvgIpc) is 2.54. The third-order valence-corrected chi connectivity index (χ3v) is 2.00. The summed E-state index contributed by atoms with van der Waals surface area (Å²) >= 11 is 0. The van der Waals surface area contributed by atoms with Gasteiger partial charge in [0, 0.05) is 0 Å². The summed E-state index contributed by atoms with van der Waals surface area (Å²) in [6.07, 6.45) is 0. The Bertz CT molecular complexity index is 306. The minimum Gasteiger partial charge on any atom is -0.0623 e. The molecule has 4 N–H and O–H groups in total. The molecule has 3 rings (SSSR count). The first-order valence-electron chi connectivity index (χ1n) is 6.00. The van der Waals surface area contributed by atoms with Crippen molar-refractivity contribution < 1.29 is 11.0 Å². The van der Waals surface area contributed by atoms with Gasteiger partial charge in [-0.3, -0.25) is 0 Å². The first kappa shape index (κ1) is 24.5. The van der Waals surface area contributed by atoms with Gasteiger partial charge in [-0.05, 0) is 0 Å². The van der Waals surface area contributed by atoms with Crippen molar-refractivity contribution in [3.8, 4) is 0 Å². The van der Waals surface area contributed by atoms with Crippen molar-refractivity contribution in [3.05, 3.63) is 109 Å². The van der Waals surface area contributed by atoms with E-state index in [0.29, 0.717) is 0 Å². The maximum atomic E-state index is 2.00. The smallest absolute Gasteiger partial charge is 0.0623 e. The summed E-state index contributed by atoms with van der Waals surface area (Å²) in [7, 11) is 0. The Morgan fingerprint density at radius 1 is 0.190 bits per heavy atom. The Balaban J connectivity index is -0.000000216. The van der Waals surface area contributed by atoms with Crippen LogP contribution < -0.4 is 0 Å². The van der Waals surface area contributed by atoms with Gasteiger partial charge >= 0.3 is 26.2 Å². The monoisotopic (exact) mass is 482 g/mol. The van der Waals surface area contributed by atoms with Crippen LogP contribution in [0, 0.1) is 0 Å². The topological polar surface area (TPSA) is 63.0 Å². The van der Waals surface area contributed by atoms with Crippen molar-refractivity contribution in [2.45, 2.75) is 0 Å². The maximum absolute atomic E-state index is 2.00. The molecule has 0 aliphatic carbocycles. The van der Waals surface area contributed by atoms with E-state index in [1.54, 1.807) is 0 Å². The van der Waals surface area contributed by atoms with Crippen LogP contribution in [0.4, 0.5) is 0 Å². The van der Waals surface area contributed by atoms with Crippen LogP contribution in [0.3, 0.4) is 0 Å². The molecule has 3 heteroatoms. The Morgan fingerprint density at radius 2 is 0.238 bits per heavy atom. The van der Waals surface area contributed by atoms with Crippen molar-refractivity contribution >= 4 is 26.2 Å². The second-order valence-electron chi connectivity index (χ2n) is 3.46. The molecule has 0 aromatic heterocycles. The van der Waals surface area contributed by atoms with Gasteiger partial charge < -0.3 is 11.0 Å². The largest absolute Gasteiger partial charge is 0.0623 e. The van der Waals surface area contributed by atoms with Gasteiger partial charge in [-0.15, -0.1) is 0 Å². The fraction of sp³-hybridized carbons (Fsp3) is 0. The van der Waals surface area contributed by atoms with Crippen LogP contribution in [0.15, 0.2) is 109 Å². The molecule has 0 radical (unpaired) electrons. The molecule has 3 aromatic carbocycles. The van der Waals surface area contributed by atoms with Gasteiger partial charge in [-0.2, -0.15) is 0 Å². The fourth-order valence-electron chi connectivity index (χ4n) is 1.15. The Hall–Kier alpha value is -1.54. The Labute approximate surface area is 146 Å². The molecule has 0 heterocycles. The normalized spacial score (nSPS) is 6.86. The van der Waals surface area contributed by atoms with E-state index in [4.69, 9.17) is 0 Å². The maximum Gasteiger partial charge on any atom is -0.0623 e. The molecule has 0 fully saturated rings. The molecular formula is C18H25BiO2. The summed E-state index contributed by atoms with van der Waals surface area (Å²) < 4.78 is 0. The third-order valence-electron chi connectivity index (χ3n) is 2.00. The SMILES string of the molecule is O.O.[BiH3].c1ccccc1.c1ccccc1.c1ccccc1. The van der Waals surface area contributed by atoms with Gasteiger partial charge in [0.25, 0.3) is 0 Å². The number of hydrogen-bond donors (Lipinski definition) is 0. The van der Waals surface area contributed by atoms with E-state index in [1.165, 1.54) is 0 Å². The van der Waals surface area contributed by atoms with Crippen molar-refractivity contribution in [1.82, 2.24) is 0 Å². The number of benzene rings is 3. The molecule has 0 spiro atoms. The average molecular weight is 482 g/mol. The first-order chi connectivity index (χ1) is 9.00. The molecule has 0 atom stereocenters. The molecule has 0 saturated heterocycles. The Kier molecular flexibility index (Phi) is 24.2. The number of hydrogen-bond acceptors (Lipinski definition) is 0. The van der Waals surface area contributed by atoms with Crippen LogP contribution >= 0.6 is 0 Å². The fourth-order valence-corrected chi connectivity index (χ4v) is 1.15. The van der Waals surface area contributed by atoms with Gasteiger partial charge in [0.2, 0.25) is 0 Å². The molecule has 0 unspecified atom stereocenters. The van der Waals surface area contributed by atoms with Crippen LogP contribution in [0.25, 0.3) is 0 Å². The zero-order valence-electron chi connectivity index (χ0n) is 12.1. The van der Waals surface area contributed by atoms with Gasteiger partial charge in [-0.25, -0.2) is 0 Å². The molecular weight excluding hydrogens is 457 g/mol. The molecule has 3 aromatic rings. The third kappa shape index (κ3) is 18.5. The van der Waals surface area contributed by atoms with Crippen LogP contribution in [-0.4, -0.2) is 37.2 Å². The summed E-state index contributed by atoms with van der Waals surface area (Å²) in [6.45, 7) is 0. The standard InChI is InChI=1S/3C6H6.Bi.2H2O.3H/c3*1-2-4-6-5-3-1;;;;;;/h3*1-6H;;2*1H2;;;. The molecule has 0 aliphatic rings. The minimum atomic E-state index is 0. The van der Waals surface area contributed by atoms with Gasteiger partial charge in [0.15, 0.2) is 0 Å². The minimum absolute atomic E-state index is 0. The van der Waals surface area contributed by atoms with E-state index in [0.717, 1.165) is 0 Å². The van der Waals surface area contributed by atoms with E-state index in [2.05, 4.69) is 0 Å². The summed E-state index contributed by atoms with van der Waals surface area (Å²) in [6, 6.07) is 36.0. The van der Waals surface area contributed by atoms with E-state index >= 15 is 0 Å². The molecule has 0 bridgehead atoms. The first-order valence-corrected chi connectivity index (χ1v) is 6.00. The van der Waals surface area contributed by atoms with Crippen molar-refractivity contribution in [2.24, 2.45) is 0 Å². The van der Waals surface area contributed by atoms with E-state index in [-0.39, 0.29) is 37.2 Å². The van der Waals surface area contributed by atoms with E-state index in [9.17, 15) is 0 Å². The molecule has 0 saturated carbocycles. The van der Waals surface area contributed by atoms with Crippen LogP contribution in [-0.2, 0) is 0 Å². The molecule has 0 aliphatic heterocycles. The van der Waals surface area contributed by atoms with Crippen LogP contribution in [0.2, 0.25) is 0 Å². The van der Waals surface area contributed by atoms with Crippen molar-refractivity contribution in [1.29, 1.82) is 0 Å². The van der Waals surface area contributed by atoms with Crippen LogP contribution in [0.1, 0.15) is 0 Å². The van der Waals surface area contributed by atoms with Crippen molar-refractivity contribution in [3.63, 3.8) is 0 Å². The molecule has 114 valence electrons. The molecule has 0 amide bonds. The van der Waals surface area contributed by atoms with Crippen LogP contribution in [0.5, 0.6) is 0 Å². The summed E-state index contributed by atoms with van der Waals surface area (Å²) in [5, 5.41) is 0. The zero-order valence-corrected chi connectivity index (χ0v) is 17.6. The Morgan fingerprint density at radius 3 is 0.286 bits per heavy atom. The van der Waals surface area contributed by atoms with E-state index < -0.39 is 0 Å². The van der Waals surface area contributed by atoms with Gasteiger partial charge in [-0.1, -0.05) is 109 Å². The van der Waals surface area contributed by atoms with Gasteiger partial charge in [0.1, 0.15) is 0 Å². The van der Waals surface area contributed by atoms with Crippen molar-refractivity contribution in [2.75, 3.05) is 0 Å². The second kappa shape index (κ2) is 20.8. The number of rotatable bonds is 0. The summed E-state index contributed by atoms with van der Waals surface area (Å²) in [5.74, 6) is 0. The predicted molar refractivity (Wildman–Crippen MR) is 96.5 cm³/mol. The predicted octanol–water partition coefficient (Wildman–Crippen LogP) is 2.23.